The van der Waals surface area contributed by atoms with Gasteiger partial charge in [0.05, 0.1) is 47.4 Å². The fourth-order valence-corrected chi connectivity index (χ4v) is 5.33. The van der Waals surface area contributed by atoms with Crippen molar-refractivity contribution in [3.8, 4) is 6.07 Å². The molecule has 3 aliphatic rings. The molecule has 4 atom stereocenters. The highest BCUT2D eigenvalue weighted by atomic mass is 35.5. The van der Waals surface area contributed by atoms with Crippen molar-refractivity contribution in [2.75, 3.05) is 49.6 Å². The lowest BCUT2D eigenvalue weighted by Crippen LogP contribution is -2.59. The van der Waals surface area contributed by atoms with Crippen molar-refractivity contribution in [2.24, 2.45) is 11.8 Å². The number of benzene rings is 1. The van der Waals surface area contributed by atoms with E-state index in [1.54, 1.807) is 6.20 Å². The van der Waals surface area contributed by atoms with E-state index in [1.165, 1.54) is 0 Å². The van der Waals surface area contributed by atoms with Gasteiger partial charge in [-0.1, -0.05) is 11.6 Å². The van der Waals surface area contributed by atoms with Crippen LogP contribution in [0.5, 0.6) is 0 Å². The maximum absolute atomic E-state index is 14.4. The van der Waals surface area contributed by atoms with Gasteiger partial charge in [0.2, 0.25) is 5.91 Å². The van der Waals surface area contributed by atoms with E-state index >= 15 is 0 Å². The van der Waals surface area contributed by atoms with Gasteiger partial charge < -0.3 is 15.0 Å². The molecule has 174 valence electrons. The molecule has 0 radical (unpaired) electrons. The number of pyridine rings is 1. The van der Waals surface area contributed by atoms with E-state index in [4.69, 9.17) is 21.6 Å². The maximum Gasteiger partial charge on any atom is 0.229 e. The highest BCUT2D eigenvalue weighted by Gasteiger charge is 2.46. The molecule has 33 heavy (non-hydrogen) atoms. The summed E-state index contributed by atoms with van der Waals surface area (Å²) >= 11 is 6.61. The summed E-state index contributed by atoms with van der Waals surface area (Å²) in [6.45, 7) is 5.45. The topological polar surface area (TPSA) is 81.5 Å². The van der Waals surface area contributed by atoms with Crippen molar-refractivity contribution in [3.63, 3.8) is 0 Å². The van der Waals surface area contributed by atoms with E-state index in [1.807, 2.05) is 25.1 Å². The Balaban J connectivity index is 1.31. The second-order valence-corrected chi connectivity index (χ2v) is 9.85. The van der Waals surface area contributed by atoms with E-state index in [0.717, 1.165) is 55.5 Å². The normalized spacial score (nSPS) is 30.1. The number of nitrogens with zero attached hydrogens (tertiary/aromatic N) is 4. The van der Waals surface area contributed by atoms with Gasteiger partial charge in [-0.05, 0) is 43.4 Å². The largest absolute Gasteiger partial charge is 0.376 e. The third-order valence-corrected chi connectivity index (χ3v) is 7.79. The first-order valence-electron chi connectivity index (χ1n) is 11.4. The van der Waals surface area contributed by atoms with Crippen molar-refractivity contribution in [2.45, 2.75) is 31.5 Å². The number of nitriles is 1. The van der Waals surface area contributed by atoms with Crippen LogP contribution in [0, 0.1) is 23.2 Å². The minimum Gasteiger partial charge on any atom is -0.376 e. The number of alkyl halides is 1. The summed E-state index contributed by atoms with van der Waals surface area (Å²) in [6.07, 6.45) is 2.23. The molecule has 2 saturated heterocycles. The van der Waals surface area contributed by atoms with Gasteiger partial charge >= 0.3 is 0 Å². The molecule has 3 fully saturated rings. The number of hydrogen-bond acceptors (Lipinski definition) is 6. The molecule has 1 amide bonds. The lowest BCUT2D eigenvalue weighted by molar-refractivity contribution is -0.123. The quantitative estimate of drug-likeness (QED) is 0.733. The van der Waals surface area contributed by atoms with Crippen LogP contribution in [-0.2, 0) is 9.53 Å². The van der Waals surface area contributed by atoms with Crippen LogP contribution in [0.1, 0.15) is 19.8 Å². The lowest BCUT2D eigenvalue weighted by atomic mass is 9.74. The summed E-state index contributed by atoms with van der Waals surface area (Å²) in [5, 5.41) is 14.4. The Labute approximate surface area is 197 Å². The summed E-state index contributed by atoms with van der Waals surface area (Å²) in [5.41, 5.74) is 0.351. The van der Waals surface area contributed by atoms with E-state index in [2.05, 4.69) is 26.2 Å². The molecule has 0 bridgehead atoms. The Bertz CT molecular complexity index is 1120. The summed E-state index contributed by atoms with van der Waals surface area (Å²) in [7, 11) is 0. The molecule has 1 saturated carbocycles. The molecule has 2 aromatic rings. The molecule has 1 aliphatic carbocycles. The average molecular weight is 472 g/mol. The van der Waals surface area contributed by atoms with Gasteiger partial charge in [0.1, 0.15) is 12.0 Å². The van der Waals surface area contributed by atoms with Gasteiger partial charge in [0, 0.05) is 37.8 Å². The van der Waals surface area contributed by atoms with E-state index < -0.39 is 11.7 Å². The molecular formula is C24H27ClFN5O2. The number of rotatable bonds is 4. The molecule has 9 heteroatoms. The number of fused-ring (bicyclic) bond motifs is 1. The highest BCUT2D eigenvalue weighted by molar-refractivity contribution is 6.34. The smallest absolute Gasteiger partial charge is 0.229 e. The fraction of sp³-hybridized carbons (Fsp3) is 0.542. The number of ether oxygens (including phenoxy) is 1. The Morgan fingerprint density at radius 2 is 2.06 bits per heavy atom. The molecule has 1 N–H and O–H groups in total. The van der Waals surface area contributed by atoms with Gasteiger partial charge in [-0.3, -0.25) is 9.69 Å². The fourth-order valence-electron chi connectivity index (χ4n) is 5.04. The molecule has 1 aromatic carbocycles. The van der Waals surface area contributed by atoms with Crippen molar-refractivity contribution in [1.29, 1.82) is 5.26 Å². The zero-order valence-electron chi connectivity index (χ0n) is 18.6. The summed E-state index contributed by atoms with van der Waals surface area (Å²) in [6, 6.07) is 7.94. The molecule has 1 aromatic heterocycles. The molecule has 2 aliphatic heterocycles. The number of halogens is 2. The first-order valence-corrected chi connectivity index (χ1v) is 11.8. The van der Waals surface area contributed by atoms with Gasteiger partial charge in [0.25, 0.3) is 0 Å². The third-order valence-electron chi connectivity index (χ3n) is 7.49. The number of aromatic nitrogens is 1. The monoisotopic (exact) mass is 471 g/mol. The van der Waals surface area contributed by atoms with Gasteiger partial charge in [0.15, 0.2) is 0 Å². The van der Waals surface area contributed by atoms with Gasteiger partial charge in [-0.25, -0.2) is 9.37 Å². The maximum atomic E-state index is 14.4. The highest BCUT2D eigenvalue weighted by Crippen LogP contribution is 2.36. The standard InChI is InChI=1S/C24H27ClFN5O2/c1-24(14-33-13-21(24)26)31-6-4-30(5-7-31)20-9-16-10-22(28-12-17(16)8-19(20)25)29-23(32)18-3-2-15(18)11-27/h8-10,12,15,18,21H,2-7,13-14H2,1H3,(H,28,29,32)/t15-,18+,21+,24-/m1/s1. The number of hydrogen-bond donors (Lipinski definition) is 1. The van der Waals surface area contributed by atoms with Crippen LogP contribution in [0.3, 0.4) is 0 Å². The van der Waals surface area contributed by atoms with E-state index in [0.29, 0.717) is 17.4 Å². The SMILES string of the molecule is C[C@@]1(N2CCN(c3cc4cc(NC(=O)[C@H]5CC[C@@H]5C#N)ncc4cc3Cl)CC2)COC[C@@H]1F. The molecule has 0 unspecified atom stereocenters. The summed E-state index contributed by atoms with van der Waals surface area (Å²) < 4.78 is 19.8. The Kier molecular flexibility index (Phi) is 5.89. The first-order chi connectivity index (χ1) is 15.9. The van der Waals surface area contributed by atoms with Gasteiger partial charge in [-0.15, -0.1) is 0 Å². The summed E-state index contributed by atoms with van der Waals surface area (Å²) in [5.74, 6) is -0.154. The zero-order chi connectivity index (χ0) is 23.2. The van der Waals surface area contributed by atoms with Crippen LogP contribution < -0.4 is 10.2 Å². The van der Waals surface area contributed by atoms with Crippen molar-refractivity contribution < 1.29 is 13.9 Å². The third kappa shape index (κ3) is 4.03. The van der Waals surface area contributed by atoms with Crippen molar-refractivity contribution >= 4 is 39.8 Å². The number of amides is 1. The van der Waals surface area contributed by atoms with Crippen LogP contribution in [0.4, 0.5) is 15.9 Å². The second-order valence-electron chi connectivity index (χ2n) is 9.44. The first kappa shape index (κ1) is 22.3. The number of carbonyl (C=O) groups is 1. The summed E-state index contributed by atoms with van der Waals surface area (Å²) in [4.78, 5) is 21.2. The predicted octanol–water partition coefficient (Wildman–Crippen LogP) is 3.63. The van der Waals surface area contributed by atoms with E-state index in [-0.39, 0.29) is 24.3 Å². The van der Waals surface area contributed by atoms with Crippen molar-refractivity contribution in [1.82, 2.24) is 9.88 Å². The van der Waals surface area contributed by atoms with Gasteiger partial charge in [-0.2, -0.15) is 5.26 Å². The minimum atomic E-state index is -0.974. The van der Waals surface area contributed by atoms with Crippen LogP contribution in [-0.4, -0.2) is 66.9 Å². The zero-order valence-corrected chi connectivity index (χ0v) is 19.3. The molecule has 7 nitrogen and oxygen atoms in total. The van der Waals surface area contributed by atoms with Crippen LogP contribution in [0.25, 0.3) is 10.8 Å². The predicted molar refractivity (Wildman–Crippen MR) is 125 cm³/mol. The van der Waals surface area contributed by atoms with Crippen LogP contribution >= 0.6 is 11.6 Å². The van der Waals surface area contributed by atoms with Crippen molar-refractivity contribution in [3.05, 3.63) is 29.4 Å². The number of anilines is 2. The second kappa shape index (κ2) is 8.71. The molecule has 3 heterocycles. The minimum absolute atomic E-state index is 0.152. The average Bonchev–Trinajstić information content (AvgIpc) is 3.12. The lowest BCUT2D eigenvalue weighted by Gasteiger charge is -2.44. The molecule has 0 spiro atoms. The number of carbonyl (C=O) groups excluding carboxylic acids is 1. The van der Waals surface area contributed by atoms with Crippen LogP contribution in [0.15, 0.2) is 24.4 Å². The Morgan fingerprint density at radius 1 is 1.27 bits per heavy atom. The Morgan fingerprint density at radius 3 is 2.70 bits per heavy atom. The Hall–Kier alpha value is -2.47. The molecule has 5 rings (SSSR count). The van der Waals surface area contributed by atoms with E-state index in [9.17, 15) is 9.18 Å². The van der Waals surface area contributed by atoms with Crippen LogP contribution in [0.2, 0.25) is 5.02 Å². The number of piperazine rings is 1. The number of nitrogens with one attached hydrogen (secondary N) is 1. The molecular weight excluding hydrogens is 445 g/mol.